The van der Waals surface area contributed by atoms with Gasteiger partial charge in [-0.2, -0.15) is 26.3 Å². The van der Waals surface area contributed by atoms with E-state index in [0.29, 0.717) is 15.1 Å². The minimum atomic E-state index is -5.19. The van der Waals surface area contributed by atoms with Crippen LogP contribution >= 0.6 is 0 Å². The zero-order valence-corrected chi connectivity index (χ0v) is 22.1. The van der Waals surface area contributed by atoms with Crippen LogP contribution in [-0.4, -0.2) is 33.7 Å². The molecule has 5 rings (SSSR count). The predicted molar refractivity (Wildman–Crippen MR) is 144 cm³/mol. The summed E-state index contributed by atoms with van der Waals surface area (Å²) in [6, 6.07) is 20.1. The zero-order chi connectivity index (χ0) is 30.4. The van der Waals surface area contributed by atoms with Crippen molar-refractivity contribution in [3.05, 3.63) is 134 Å². The molecule has 3 aromatic carbocycles. The van der Waals surface area contributed by atoms with Gasteiger partial charge in [0.1, 0.15) is 11.4 Å². The van der Waals surface area contributed by atoms with E-state index >= 15 is 0 Å². The fourth-order valence-corrected chi connectivity index (χ4v) is 4.83. The summed E-state index contributed by atoms with van der Waals surface area (Å²) in [6.45, 7) is 0. The van der Waals surface area contributed by atoms with Crippen LogP contribution in [0.4, 0.5) is 32.0 Å². The largest absolute Gasteiger partial charge is 0.433 e. The molecule has 5 aromatic rings. The zero-order valence-electron chi connectivity index (χ0n) is 22.1. The highest BCUT2D eigenvalue weighted by atomic mass is 19.4. The Morgan fingerprint density at radius 2 is 1.00 bits per heavy atom. The number of rotatable bonds is 6. The van der Waals surface area contributed by atoms with Gasteiger partial charge >= 0.3 is 12.4 Å². The number of hydrogen-bond acceptors (Lipinski definition) is 3. The number of hydrogen-bond donors (Lipinski definition) is 2. The van der Waals surface area contributed by atoms with Gasteiger partial charge in [-0.05, 0) is 42.0 Å². The molecule has 0 bridgehead atoms. The summed E-state index contributed by atoms with van der Waals surface area (Å²) in [5.41, 5.74) is -7.24. The summed E-state index contributed by atoms with van der Waals surface area (Å²) < 4.78 is 88.3. The van der Waals surface area contributed by atoms with Crippen LogP contribution in [0.5, 0.6) is 0 Å². The Kier molecular flexibility index (Phi) is 7.13. The first-order valence-corrected chi connectivity index (χ1v) is 12.5. The molecule has 2 heterocycles. The lowest BCUT2D eigenvalue weighted by atomic mass is 9.84. The van der Waals surface area contributed by atoms with Crippen molar-refractivity contribution in [2.24, 2.45) is 0 Å². The van der Waals surface area contributed by atoms with Crippen LogP contribution in [0.3, 0.4) is 0 Å². The van der Waals surface area contributed by atoms with Gasteiger partial charge in [-0.25, -0.2) is 9.36 Å². The minimum absolute atomic E-state index is 0.0211. The van der Waals surface area contributed by atoms with Gasteiger partial charge in [0.15, 0.2) is 0 Å². The summed E-state index contributed by atoms with van der Waals surface area (Å²) in [5.74, 6) is -2.06. The molecule has 42 heavy (non-hydrogen) atoms. The van der Waals surface area contributed by atoms with Gasteiger partial charge < -0.3 is 4.90 Å². The quantitative estimate of drug-likeness (QED) is 0.242. The monoisotopic (exact) mass is 587 g/mol. The molecule has 0 atom stereocenters. The summed E-state index contributed by atoms with van der Waals surface area (Å²) >= 11 is 0. The summed E-state index contributed by atoms with van der Waals surface area (Å²) in [5, 5.41) is 4.09. The molecule has 218 valence electrons. The summed E-state index contributed by atoms with van der Waals surface area (Å²) in [6.07, 6.45) is -10.4. The maximum Gasteiger partial charge on any atom is 0.433 e. The standard InChI is InChI=1S/C29H23F6N5O2/c1-38(2)18-15-13-17(14-16-18)21(22-24(28(30,31)32)36-39(26(22)41)19-9-5-3-6-10-19)23-25(29(33,34)35)37-40(27(23)42)20-11-7-4-8-12-20/h3-16,21,36-37H,1-2H3. The van der Waals surface area contributed by atoms with Gasteiger partial charge in [0, 0.05) is 25.7 Å². The van der Waals surface area contributed by atoms with Gasteiger partial charge in [-0.1, -0.05) is 48.5 Å². The van der Waals surface area contributed by atoms with E-state index in [1.807, 2.05) is 10.2 Å². The van der Waals surface area contributed by atoms with E-state index in [9.17, 15) is 35.9 Å². The molecule has 2 aromatic heterocycles. The maximum absolute atomic E-state index is 14.5. The van der Waals surface area contributed by atoms with E-state index < -0.39 is 51.9 Å². The van der Waals surface area contributed by atoms with Crippen molar-refractivity contribution in [3.63, 3.8) is 0 Å². The third-order valence-corrected chi connectivity index (χ3v) is 6.77. The first kappa shape index (κ1) is 28.6. The van der Waals surface area contributed by atoms with E-state index in [-0.39, 0.29) is 16.9 Å². The average Bonchev–Trinajstić information content (AvgIpc) is 3.48. The molecular formula is C29H23F6N5O2. The number of aromatic amines is 2. The molecule has 2 N–H and O–H groups in total. The molecular weight excluding hydrogens is 564 g/mol. The lowest BCUT2D eigenvalue weighted by molar-refractivity contribution is -0.142. The molecule has 0 aliphatic carbocycles. The number of nitrogens with zero attached hydrogens (tertiary/aromatic N) is 3. The van der Waals surface area contributed by atoms with Crippen LogP contribution in [0.2, 0.25) is 0 Å². The number of anilines is 1. The van der Waals surface area contributed by atoms with E-state index in [1.54, 1.807) is 31.1 Å². The van der Waals surface area contributed by atoms with Gasteiger partial charge in [-0.15, -0.1) is 0 Å². The molecule has 0 spiro atoms. The Morgan fingerprint density at radius 3 is 1.33 bits per heavy atom. The average molecular weight is 588 g/mol. The first-order chi connectivity index (χ1) is 19.8. The fraction of sp³-hybridized carbons (Fsp3) is 0.172. The van der Waals surface area contributed by atoms with Crippen molar-refractivity contribution in [1.82, 2.24) is 19.6 Å². The summed E-state index contributed by atoms with van der Waals surface area (Å²) in [7, 11) is 3.40. The molecule has 7 nitrogen and oxygen atoms in total. The third-order valence-electron chi connectivity index (χ3n) is 6.77. The smallest absolute Gasteiger partial charge is 0.378 e. The van der Waals surface area contributed by atoms with Crippen LogP contribution in [-0.2, 0) is 12.4 Å². The van der Waals surface area contributed by atoms with Crippen LogP contribution < -0.4 is 16.0 Å². The van der Waals surface area contributed by atoms with Crippen molar-refractivity contribution < 1.29 is 26.3 Å². The molecule has 0 radical (unpaired) electrons. The second kappa shape index (κ2) is 10.5. The van der Waals surface area contributed by atoms with E-state index in [0.717, 1.165) is 0 Å². The Morgan fingerprint density at radius 1 is 0.619 bits per heavy atom. The maximum atomic E-state index is 14.5. The van der Waals surface area contributed by atoms with Crippen LogP contribution in [0, 0.1) is 0 Å². The Bertz CT molecular complexity index is 1700. The Hall–Kier alpha value is -4.94. The van der Waals surface area contributed by atoms with Crippen molar-refractivity contribution in [2.45, 2.75) is 18.3 Å². The molecule has 0 unspecified atom stereocenters. The molecule has 13 heteroatoms. The lowest BCUT2D eigenvalue weighted by Crippen LogP contribution is -2.27. The normalized spacial score (nSPS) is 12.2. The SMILES string of the molecule is CN(C)c1ccc(C(c2c(C(F)(F)F)[nH]n(-c3ccccc3)c2=O)c2c(C(F)(F)F)[nH]n(-c3ccccc3)c2=O)cc1. The summed E-state index contributed by atoms with van der Waals surface area (Å²) in [4.78, 5) is 29.2. The third kappa shape index (κ3) is 5.13. The Balaban J connectivity index is 1.90. The second-order valence-corrected chi connectivity index (χ2v) is 9.67. The minimum Gasteiger partial charge on any atom is -0.378 e. The number of nitrogens with one attached hydrogen (secondary N) is 2. The number of H-pyrrole nitrogens is 2. The van der Waals surface area contributed by atoms with Crippen LogP contribution in [0.15, 0.2) is 94.5 Å². The number of aromatic nitrogens is 4. The van der Waals surface area contributed by atoms with Crippen LogP contribution in [0.25, 0.3) is 11.4 Å². The highest BCUT2D eigenvalue weighted by molar-refractivity contribution is 5.53. The number of para-hydroxylation sites is 2. The fourth-order valence-electron chi connectivity index (χ4n) is 4.83. The number of benzene rings is 3. The molecule has 0 aliphatic rings. The van der Waals surface area contributed by atoms with Crippen molar-refractivity contribution in [1.29, 1.82) is 0 Å². The molecule has 0 aliphatic heterocycles. The van der Waals surface area contributed by atoms with E-state index in [2.05, 4.69) is 0 Å². The number of halogens is 6. The lowest BCUT2D eigenvalue weighted by Gasteiger charge is -2.20. The highest BCUT2D eigenvalue weighted by Gasteiger charge is 2.46. The van der Waals surface area contributed by atoms with Crippen molar-refractivity contribution in [2.75, 3.05) is 19.0 Å². The number of alkyl halides is 6. The van der Waals surface area contributed by atoms with Gasteiger partial charge in [-0.3, -0.25) is 19.8 Å². The van der Waals surface area contributed by atoms with Gasteiger partial charge in [0.2, 0.25) is 0 Å². The van der Waals surface area contributed by atoms with E-state index in [1.165, 1.54) is 72.8 Å². The van der Waals surface area contributed by atoms with Crippen LogP contribution in [0.1, 0.15) is 34.0 Å². The second-order valence-electron chi connectivity index (χ2n) is 9.67. The Labute approximate surface area is 234 Å². The molecule has 0 saturated carbocycles. The molecule has 0 saturated heterocycles. The first-order valence-electron chi connectivity index (χ1n) is 12.5. The highest BCUT2D eigenvalue weighted by Crippen LogP contribution is 2.42. The van der Waals surface area contributed by atoms with Crippen molar-refractivity contribution >= 4 is 5.69 Å². The molecule has 0 fully saturated rings. The predicted octanol–water partition coefficient (Wildman–Crippen LogP) is 5.93. The van der Waals surface area contributed by atoms with Crippen molar-refractivity contribution in [3.8, 4) is 11.4 Å². The topological polar surface area (TPSA) is 78.8 Å². The molecule has 0 amide bonds. The van der Waals surface area contributed by atoms with Gasteiger partial charge in [0.05, 0.1) is 22.5 Å². The van der Waals surface area contributed by atoms with E-state index in [4.69, 9.17) is 0 Å². The van der Waals surface area contributed by atoms with Gasteiger partial charge in [0.25, 0.3) is 11.1 Å².